The molecule has 0 aliphatic carbocycles. The molecule has 1 heterocycles. The quantitative estimate of drug-likeness (QED) is 0.395. The SMILES string of the molecule is C#CC(=O)C1CCC(C)O1. The first kappa shape index (κ1) is 7.30. The fourth-order valence-electron chi connectivity index (χ4n) is 1.09. The summed E-state index contributed by atoms with van der Waals surface area (Å²) in [6.45, 7) is 1.95. The second kappa shape index (κ2) is 2.85. The normalized spacial score (nSPS) is 31.6. The molecular weight excluding hydrogens is 128 g/mol. The van der Waals surface area contributed by atoms with Crippen LogP contribution in [0.1, 0.15) is 19.8 Å². The van der Waals surface area contributed by atoms with Crippen LogP contribution in [0, 0.1) is 12.3 Å². The standard InChI is InChI=1S/C8H10O2/c1-3-7(9)8-5-4-6(2)10-8/h1,6,8H,4-5H2,2H3. The van der Waals surface area contributed by atoms with E-state index in [-0.39, 0.29) is 18.0 Å². The van der Waals surface area contributed by atoms with Crippen molar-refractivity contribution < 1.29 is 9.53 Å². The lowest BCUT2D eigenvalue weighted by molar-refractivity contribution is -0.123. The van der Waals surface area contributed by atoms with Gasteiger partial charge in [0.25, 0.3) is 0 Å². The van der Waals surface area contributed by atoms with Crippen molar-refractivity contribution in [1.29, 1.82) is 0 Å². The number of hydrogen-bond acceptors (Lipinski definition) is 2. The molecule has 1 fully saturated rings. The van der Waals surface area contributed by atoms with Crippen molar-refractivity contribution in [3.8, 4) is 12.3 Å². The summed E-state index contributed by atoms with van der Waals surface area (Å²) in [6, 6.07) is 0. The Balaban J connectivity index is 2.47. The van der Waals surface area contributed by atoms with Gasteiger partial charge in [-0.3, -0.25) is 4.79 Å². The Labute approximate surface area is 60.6 Å². The molecular formula is C8H10O2. The molecule has 0 aromatic carbocycles. The van der Waals surface area contributed by atoms with Gasteiger partial charge in [0.05, 0.1) is 6.10 Å². The summed E-state index contributed by atoms with van der Waals surface area (Å²) in [5.74, 6) is 1.85. The maximum Gasteiger partial charge on any atom is 0.233 e. The van der Waals surface area contributed by atoms with Gasteiger partial charge < -0.3 is 4.74 Å². The first-order valence-electron chi connectivity index (χ1n) is 3.40. The molecule has 0 aromatic rings. The highest BCUT2D eigenvalue weighted by atomic mass is 16.5. The summed E-state index contributed by atoms with van der Waals surface area (Å²) in [5, 5.41) is 0. The van der Waals surface area contributed by atoms with Gasteiger partial charge in [-0.05, 0) is 25.7 Å². The van der Waals surface area contributed by atoms with Gasteiger partial charge in [0.2, 0.25) is 5.78 Å². The van der Waals surface area contributed by atoms with Crippen LogP contribution in [-0.4, -0.2) is 18.0 Å². The molecule has 0 radical (unpaired) electrons. The number of hydrogen-bond donors (Lipinski definition) is 0. The first-order valence-corrected chi connectivity index (χ1v) is 3.40. The molecule has 10 heavy (non-hydrogen) atoms. The molecule has 1 saturated heterocycles. The maximum absolute atomic E-state index is 10.8. The van der Waals surface area contributed by atoms with Crippen molar-refractivity contribution in [1.82, 2.24) is 0 Å². The van der Waals surface area contributed by atoms with E-state index in [9.17, 15) is 4.79 Å². The van der Waals surface area contributed by atoms with Crippen molar-refractivity contribution in [3.05, 3.63) is 0 Å². The fourth-order valence-corrected chi connectivity index (χ4v) is 1.09. The smallest absolute Gasteiger partial charge is 0.233 e. The highest BCUT2D eigenvalue weighted by Gasteiger charge is 2.26. The van der Waals surface area contributed by atoms with Gasteiger partial charge in [-0.25, -0.2) is 0 Å². The zero-order chi connectivity index (χ0) is 7.56. The average Bonchev–Trinajstić information content (AvgIpc) is 2.34. The Bertz CT molecular complexity index is 178. The van der Waals surface area contributed by atoms with Crippen LogP contribution in [-0.2, 0) is 9.53 Å². The van der Waals surface area contributed by atoms with Crippen LogP contribution in [0.5, 0.6) is 0 Å². The van der Waals surface area contributed by atoms with Crippen LogP contribution in [0.3, 0.4) is 0 Å². The first-order chi connectivity index (χ1) is 4.74. The third-order valence-corrected chi connectivity index (χ3v) is 1.67. The molecule has 2 heteroatoms. The van der Waals surface area contributed by atoms with E-state index in [1.165, 1.54) is 0 Å². The van der Waals surface area contributed by atoms with Gasteiger partial charge in [-0.15, -0.1) is 6.42 Å². The molecule has 0 aromatic heterocycles. The number of ether oxygens (including phenoxy) is 1. The zero-order valence-electron chi connectivity index (χ0n) is 5.96. The fraction of sp³-hybridized carbons (Fsp3) is 0.625. The summed E-state index contributed by atoms with van der Waals surface area (Å²) in [5.41, 5.74) is 0. The van der Waals surface area contributed by atoms with Gasteiger partial charge in [-0.1, -0.05) is 0 Å². The van der Waals surface area contributed by atoms with Crippen molar-refractivity contribution in [3.63, 3.8) is 0 Å². The maximum atomic E-state index is 10.8. The molecule has 1 rings (SSSR count). The Kier molecular flexibility index (Phi) is 2.08. The number of ketones is 1. The minimum atomic E-state index is -0.319. The predicted octanol–water partition coefficient (Wildman–Crippen LogP) is 0.756. The molecule has 0 bridgehead atoms. The van der Waals surface area contributed by atoms with E-state index in [2.05, 4.69) is 5.92 Å². The third-order valence-electron chi connectivity index (χ3n) is 1.67. The topological polar surface area (TPSA) is 26.3 Å². The summed E-state index contributed by atoms with van der Waals surface area (Å²) >= 11 is 0. The average molecular weight is 138 g/mol. The van der Waals surface area contributed by atoms with Crippen molar-refractivity contribution >= 4 is 5.78 Å². The molecule has 1 aliphatic rings. The summed E-state index contributed by atoms with van der Waals surface area (Å²) in [7, 11) is 0. The van der Waals surface area contributed by atoms with Crippen LogP contribution < -0.4 is 0 Å². The summed E-state index contributed by atoms with van der Waals surface area (Å²) < 4.78 is 5.22. The second-order valence-corrected chi connectivity index (χ2v) is 2.52. The molecule has 0 N–H and O–H groups in total. The molecule has 0 spiro atoms. The Morgan fingerprint density at radius 1 is 1.70 bits per heavy atom. The summed E-state index contributed by atoms with van der Waals surface area (Å²) in [6.07, 6.45) is 6.52. The molecule has 2 unspecified atom stereocenters. The van der Waals surface area contributed by atoms with Crippen molar-refractivity contribution in [2.24, 2.45) is 0 Å². The molecule has 2 nitrogen and oxygen atoms in total. The number of Topliss-reactive ketones (excluding diaryl/α,β-unsaturated/α-hetero) is 1. The van der Waals surface area contributed by atoms with E-state index in [1.54, 1.807) is 0 Å². The lowest BCUT2D eigenvalue weighted by atomic mass is 10.1. The lowest BCUT2D eigenvalue weighted by Gasteiger charge is -2.04. The monoisotopic (exact) mass is 138 g/mol. The number of terminal acetylenes is 1. The lowest BCUT2D eigenvalue weighted by Crippen LogP contribution is -2.18. The predicted molar refractivity (Wildman–Crippen MR) is 37.4 cm³/mol. The van der Waals surface area contributed by atoms with Gasteiger partial charge >= 0.3 is 0 Å². The van der Waals surface area contributed by atoms with Gasteiger partial charge in [0.1, 0.15) is 6.10 Å². The second-order valence-electron chi connectivity index (χ2n) is 2.52. The van der Waals surface area contributed by atoms with E-state index in [0.717, 1.165) is 12.8 Å². The highest BCUT2D eigenvalue weighted by Crippen LogP contribution is 2.19. The van der Waals surface area contributed by atoms with Crippen LogP contribution in [0.4, 0.5) is 0 Å². The molecule has 1 aliphatic heterocycles. The third kappa shape index (κ3) is 1.37. The van der Waals surface area contributed by atoms with E-state index >= 15 is 0 Å². The molecule has 2 atom stereocenters. The highest BCUT2D eigenvalue weighted by molar-refractivity contribution is 5.98. The summed E-state index contributed by atoms with van der Waals surface area (Å²) in [4.78, 5) is 10.8. The Hall–Kier alpha value is -0.810. The molecule has 0 amide bonds. The van der Waals surface area contributed by atoms with Crippen molar-refractivity contribution in [2.45, 2.75) is 32.0 Å². The Morgan fingerprint density at radius 2 is 2.40 bits per heavy atom. The van der Waals surface area contributed by atoms with E-state index in [1.807, 2.05) is 6.92 Å². The van der Waals surface area contributed by atoms with Gasteiger partial charge in [-0.2, -0.15) is 0 Å². The minimum absolute atomic E-state index is 0.197. The van der Waals surface area contributed by atoms with E-state index in [0.29, 0.717) is 0 Å². The Morgan fingerprint density at radius 3 is 2.80 bits per heavy atom. The number of carbonyl (C=O) groups is 1. The van der Waals surface area contributed by atoms with Crippen LogP contribution in [0.15, 0.2) is 0 Å². The van der Waals surface area contributed by atoms with E-state index in [4.69, 9.17) is 11.2 Å². The molecule has 0 saturated carbocycles. The molecule has 54 valence electrons. The van der Waals surface area contributed by atoms with Crippen molar-refractivity contribution in [2.75, 3.05) is 0 Å². The number of rotatable bonds is 1. The largest absolute Gasteiger partial charge is 0.366 e. The zero-order valence-corrected chi connectivity index (χ0v) is 5.96. The van der Waals surface area contributed by atoms with Gasteiger partial charge in [0, 0.05) is 0 Å². The number of carbonyl (C=O) groups excluding carboxylic acids is 1. The van der Waals surface area contributed by atoms with Crippen LogP contribution in [0.25, 0.3) is 0 Å². The van der Waals surface area contributed by atoms with E-state index < -0.39 is 0 Å². The minimum Gasteiger partial charge on any atom is -0.366 e. The van der Waals surface area contributed by atoms with Crippen LogP contribution in [0.2, 0.25) is 0 Å². The van der Waals surface area contributed by atoms with Crippen LogP contribution >= 0.6 is 0 Å². The van der Waals surface area contributed by atoms with Gasteiger partial charge in [0.15, 0.2) is 0 Å².